The minimum Gasteiger partial charge on any atom is -0.491 e. The Labute approximate surface area is 189 Å². The molecule has 2 heterocycles. The number of likely N-dealkylation sites (tertiary alicyclic amines) is 1. The van der Waals surface area contributed by atoms with E-state index in [1.54, 1.807) is 31.4 Å². The van der Waals surface area contributed by atoms with Gasteiger partial charge in [-0.15, -0.1) is 0 Å². The van der Waals surface area contributed by atoms with Crippen molar-refractivity contribution in [2.45, 2.75) is 31.7 Å². The minimum absolute atomic E-state index is 0.213. The van der Waals surface area contributed by atoms with Crippen LogP contribution in [0.25, 0.3) is 10.9 Å². The van der Waals surface area contributed by atoms with Crippen LogP contribution in [-0.4, -0.2) is 60.5 Å². The van der Waals surface area contributed by atoms with Gasteiger partial charge in [-0.3, -0.25) is 4.90 Å². The molecular formula is C26H32N2O4. The van der Waals surface area contributed by atoms with Gasteiger partial charge in [0.15, 0.2) is 0 Å². The molecule has 0 aliphatic carbocycles. The van der Waals surface area contributed by atoms with Crippen molar-refractivity contribution in [3.8, 4) is 5.75 Å². The molecule has 1 fully saturated rings. The molecule has 1 atom stereocenters. The minimum atomic E-state index is -0.958. The van der Waals surface area contributed by atoms with Crippen LogP contribution >= 0.6 is 0 Å². The first-order valence-electron chi connectivity index (χ1n) is 11.3. The van der Waals surface area contributed by atoms with Crippen LogP contribution in [0.1, 0.15) is 47.6 Å². The molecule has 1 N–H and O–H groups in total. The van der Waals surface area contributed by atoms with Crippen LogP contribution in [0.4, 0.5) is 0 Å². The van der Waals surface area contributed by atoms with Crippen molar-refractivity contribution in [1.82, 2.24) is 9.47 Å². The molecule has 1 unspecified atom stereocenters. The van der Waals surface area contributed by atoms with Gasteiger partial charge in [-0.2, -0.15) is 0 Å². The lowest BCUT2D eigenvalue weighted by atomic mass is 9.89. The second-order valence-electron chi connectivity index (χ2n) is 8.58. The first kappa shape index (κ1) is 22.4. The second-order valence-corrected chi connectivity index (χ2v) is 8.58. The molecule has 1 aliphatic rings. The molecule has 4 rings (SSSR count). The summed E-state index contributed by atoms with van der Waals surface area (Å²) in [5.74, 6) is 0.0223. The number of piperidine rings is 1. The number of fused-ring (bicyclic) bond motifs is 1. The van der Waals surface area contributed by atoms with E-state index in [-0.39, 0.29) is 5.56 Å². The Hall–Kier alpha value is -2.83. The van der Waals surface area contributed by atoms with Gasteiger partial charge in [0.2, 0.25) is 0 Å². The Bertz CT molecular complexity index is 1050. The molecule has 0 amide bonds. The van der Waals surface area contributed by atoms with Crippen molar-refractivity contribution in [1.29, 1.82) is 0 Å². The number of hydrogen-bond acceptors (Lipinski definition) is 4. The summed E-state index contributed by atoms with van der Waals surface area (Å²) in [6, 6.07) is 15.8. The summed E-state index contributed by atoms with van der Waals surface area (Å²) in [6.07, 6.45) is 4.55. The Balaban J connectivity index is 1.36. The summed E-state index contributed by atoms with van der Waals surface area (Å²) in [5, 5.41) is 10.6. The Morgan fingerprint density at radius 3 is 2.59 bits per heavy atom. The van der Waals surface area contributed by atoms with Gasteiger partial charge >= 0.3 is 5.97 Å². The molecule has 0 bridgehead atoms. The summed E-state index contributed by atoms with van der Waals surface area (Å²) in [4.78, 5) is 13.7. The fourth-order valence-electron chi connectivity index (χ4n) is 4.76. The fraction of sp³-hybridized carbons (Fsp3) is 0.423. The smallest absolute Gasteiger partial charge is 0.339 e. The second kappa shape index (κ2) is 10.2. The van der Waals surface area contributed by atoms with Crippen molar-refractivity contribution in [3.05, 3.63) is 65.9 Å². The lowest BCUT2D eigenvalue weighted by Crippen LogP contribution is -2.35. The van der Waals surface area contributed by atoms with E-state index in [0.717, 1.165) is 32.5 Å². The Morgan fingerprint density at radius 1 is 1.12 bits per heavy atom. The molecule has 1 aromatic heterocycles. The number of aromatic nitrogens is 1. The lowest BCUT2D eigenvalue weighted by Gasteiger charge is -2.31. The number of benzene rings is 2. The normalized spacial score (nSPS) is 16.3. The monoisotopic (exact) mass is 436 g/mol. The van der Waals surface area contributed by atoms with Gasteiger partial charge in [-0.1, -0.05) is 30.3 Å². The highest BCUT2D eigenvalue weighted by molar-refractivity contribution is 5.90. The molecule has 1 saturated heterocycles. The van der Waals surface area contributed by atoms with Crippen LogP contribution in [0.2, 0.25) is 0 Å². The summed E-state index contributed by atoms with van der Waals surface area (Å²) < 4.78 is 13.5. The van der Waals surface area contributed by atoms with Crippen LogP contribution in [0.5, 0.6) is 5.75 Å². The quantitative estimate of drug-likeness (QED) is 0.522. The first-order valence-corrected chi connectivity index (χ1v) is 11.3. The Kier molecular flexibility index (Phi) is 7.12. The number of aromatic carboxylic acids is 1. The van der Waals surface area contributed by atoms with Gasteiger partial charge in [0, 0.05) is 30.8 Å². The topological polar surface area (TPSA) is 63.9 Å². The maximum absolute atomic E-state index is 11.3. The van der Waals surface area contributed by atoms with Crippen LogP contribution in [0.15, 0.2) is 54.7 Å². The third-order valence-corrected chi connectivity index (χ3v) is 6.46. The molecule has 0 spiro atoms. The summed E-state index contributed by atoms with van der Waals surface area (Å²) in [6.45, 7) is 6.21. The van der Waals surface area contributed by atoms with E-state index in [1.165, 1.54) is 16.5 Å². The average molecular weight is 437 g/mol. The number of carboxylic acids is 1. The number of nitrogens with zero attached hydrogens (tertiary/aromatic N) is 2. The number of carboxylic acid groups (broad SMARTS) is 1. The highest BCUT2D eigenvalue weighted by Gasteiger charge is 2.24. The SMILES string of the molecule is COCC(C)n1cc(C2CCN(CCOc3ccccc3C(=O)O)CC2)c2ccccc21. The molecule has 170 valence electrons. The highest BCUT2D eigenvalue weighted by Crippen LogP contribution is 2.35. The van der Waals surface area contributed by atoms with E-state index >= 15 is 0 Å². The van der Waals surface area contributed by atoms with Crippen molar-refractivity contribution >= 4 is 16.9 Å². The fourth-order valence-corrected chi connectivity index (χ4v) is 4.76. The molecular weight excluding hydrogens is 404 g/mol. The third kappa shape index (κ3) is 4.81. The van der Waals surface area contributed by atoms with Gasteiger partial charge in [-0.25, -0.2) is 4.79 Å². The first-order chi connectivity index (χ1) is 15.6. The van der Waals surface area contributed by atoms with Crippen molar-refractivity contribution in [2.24, 2.45) is 0 Å². The summed E-state index contributed by atoms with van der Waals surface area (Å²) in [5.41, 5.74) is 2.93. The number of carbonyl (C=O) groups is 1. The number of rotatable bonds is 9. The Morgan fingerprint density at radius 2 is 1.84 bits per heavy atom. The molecule has 1 aliphatic heterocycles. The molecule has 6 nitrogen and oxygen atoms in total. The summed E-state index contributed by atoms with van der Waals surface area (Å²) >= 11 is 0. The van der Waals surface area contributed by atoms with Crippen molar-refractivity contribution < 1.29 is 19.4 Å². The van der Waals surface area contributed by atoms with Gasteiger partial charge in [-0.05, 0) is 62.5 Å². The van der Waals surface area contributed by atoms with E-state index in [2.05, 4.69) is 46.9 Å². The summed E-state index contributed by atoms with van der Waals surface area (Å²) in [7, 11) is 1.75. The number of hydrogen-bond donors (Lipinski definition) is 1. The molecule has 0 radical (unpaired) electrons. The van der Waals surface area contributed by atoms with E-state index in [4.69, 9.17) is 9.47 Å². The van der Waals surface area contributed by atoms with Crippen LogP contribution in [0, 0.1) is 0 Å². The predicted molar refractivity (Wildman–Crippen MR) is 126 cm³/mol. The number of para-hydroxylation sites is 2. The predicted octanol–water partition coefficient (Wildman–Crippen LogP) is 4.81. The van der Waals surface area contributed by atoms with Gasteiger partial charge in [0.25, 0.3) is 0 Å². The zero-order valence-electron chi connectivity index (χ0n) is 18.9. The van der Waals surface area contributed by atoms with Crippen LogP contribution in [-0.2, 0) is 4.74 Å². The lowest BCUT2D eigenvalue weighted by molar-refractivity contribution is 0.0691. The third-order valence-electron chi connectivity index (χ3n) is 6.46. The average Bonchev–Trinajstić information content (AvgIpc) is 3.20. The van der Waals surface area contributed by atoms with Gasteiger partial charge in [0.05, 0.1) is 12.6 Å². The molecule has 32 heavy (non-hydrogen) atoms. The number of methoxy groups -OCH3 is 1. The zero-order chi connectivity index (χ0) is 22.5. The highest BCUT2D eigenvalue weighted by atomic mass is 16.5. The van der Waals surface area contributed by atoms with E-state index in [1.807, 2.05) is 0 Å². The van der Waals surface area contributed by atoms with E-state index in [9.17, 15) is 9.90 Å². The standard InChI is InChI=1S/C26H32N2O4/c1-19(18-31-2)28-17-23(21-7-3-5-9-24(21)28)20-11-13-27(14-12-20)15-16-32-25-10-6-4-8-22(25)26(29)30/h3-10,17,19-20H,11-16,18H2,1-2H3,(H,29,30). The number of ether oxygens (including phenoxy) is 2. The van der Waals surface area contributed by atoms with E-state index in [0.29, 0.717) is 30.9 Å². The van der Waals surface area contributed by atoms with E-state index < -0.39 is 5.97 Å². The van der Waals surface area contributed by atoms with Crippen LogP contribution in [0.3, 0.4) is 0 Å². The van der Waals surface area contributed by atoms with Gasteiger partial charge < -0.3 is 19.1 Å². The molecule has 6 heteroatoms. The molecule has 0 saturated carbocycles. The maximum atomic E-state index is 11.3. The van der Waals surface area contributed by atoms with Crippen molar-refractivity contribution in [3.63, 3.8) is 0 Å². The van der Waals surface area contributed by atoms with Gasteiger partial charge in [0.1, 0.15) is 17.9 Å². The zero-order valence-corrected chi connectivity index (χ0v) is 18.9. The molecule has 2 aromatic carbocycles. The largest absolute Gasteiger partial charge is 0.491 e. The van der Waals surface area contributed by atoms with Crippen LogP contribution < -0.4 is 4.74 Å². The molecule has 3 aromatic rings. The van der Waals surface area contributed by atoms with Crippen molar-refractivity contribution in [2.75, 3.05) is 40.0 Å². The maximum Gasteiger partial charge on any atom is 0.339 e.